The molecule has 0 unspecified atom stereocenters. The van der Waals surface area contributed by atoms with Crippen LogP contribution in [0.4, 0.5) is 5.69 Å². The van der Waals surface area contributed by atoms with Crippen molar-refractivity contribution in [2.45, 2.75) is 47.0 Å². The highest BCUT2D eigenvalue weighted by Gasteiger charge is 2.12. The fourth-order valence-electron chi connectivity index (χ4n) is 2.49. The van der Waals surface area contributed by atoms with Gasteiger partial charge < -0.3 is 5.32 Å². The third-order valence-corrected chi connectivity index (χ3v) is 3.45. The zero-order chi connectivity index (χ0) is 15.0. The maximum atomic E-state index is 12.2. The van der Waals surface area contributed by atoms with Gasteiger partial charge in [0.25, 0.3) is 0 Å². The Kier molecular flexibility index (Phi) is 7.31. The molecule has 3 nitrogen and oxygen atoms in total. The van der Waals surface area contributed by atoms with Crippen molar-refractivity contribution in [3.8, 4) is 0 Å². The number of anilines is 1. The summed E-state index contributed by atoms with van der Waals surface area (Å²) in [5, 5.41) is 3.10. The highest BCUT2D eigenvalue weighted by Crippen LogP contribution is 2.20. The van der Waals surface area contributed by atoms with Gasteiger partial charge in [0.05, 0.1) is 6.54 Å². The van der Waals surface area contributed by atoms with Crippen LogP contribution in [-0.4, -0.2) is 30.4 Å². The van der Waals surface area contributed by atoms with Gasteiger partial charge in [0.1, 0.15) is 0 Å². The summed E-state index contributed by atoms with van der Waals surface area (Å²) in [6, 6.07) is 6.17. The minimum atomic E-state index is 0.0934. The van der Waals surface area contributed by atoms with Crippen molar-refractivity contribution >= 4 is 11.6 Å². The van der Waals surface area contributed by atoms with Gasteiger partial charge in [0.2, 0.25) is 5.91 Å². The molecule has 0 saturated heterocycles. The Hall–Kier alpha value is -1.35. The summed E-state index contributed by atoms with van der Waals surface area (Å²) >= 11 is 0. The lowest BCUT2D eigenvalue weighted by Crippen LogP contribution is -2.34. The van der Waals surface area contributed by atoms with Crippen LogP contribution in [-0.2, 0) is 11.2 Å². The summed E-state index contributed by atoms with van der Waals surface area (Å²) in [6.07, 6.45) is 3.10. The number of rotatable bonds is 8. The second-order valence-corrected chi connectivity index (χ2v) is 5.29. The largest absolute Gasteiger partial charge is 0.324 e. The predicted octanol–water partition coefficient (Wildman–Crippen LogP) is 3.62. The van der Waals surface area contributed by atoms with Crippen molar-refractivity contribution in [2.75, 3.05) is 25.0 Å². The molecule has 0 spiro atoms. The molecule has 1 N–H and O–H groups in total. The van der Waals surface area contributed by atoms with Gasteiger partial charge in [-0.25, -0.2) is 0 Å². The second kappa shape index (κ2) is 8.75. The molecular weight excluding hydrogens is 248 g/mol. The average molecular weight is 276 g/mol. The highest BCUT2D eigenvalue weighted by atomic mass is 16.2. The number of para-hydroxylation sites is 1. The molecular formula is C17H28N2O. The van der Waals surface area contributed by atoms with E-state index >= 15 is 0 Å². The molecule has 0 heterocycles. The van der Waals surface area contributed by atoms with Crippen LogP contribution in [0.15, 0.2) is 18.2 Å². The molecule has 1 aromatic rings. The topological polar surface area (TPSA) is 32.3 Å². The van der Waals surface area contributed by atoms with E-state index in [0.29, 0.717) is 6.54 Å². The number of nitrogens with one attached hydrogen (secondary N) is 1. The Balaban J connectivity index is 2.70. The molecule has 1 aromatic carbocycles. The van der Waals surface area contributed by atoms with E-state index in [1.54, 1.807) is 0 Å². The summed E-state index contributed by atoms with van der Waals surface area (Å²) in [6.45, 7) is 10.9. The summed E-state index contributed by atoms with van der Waals surface area (Å²) in [5.74, 6) is 0.0934. The van der Waals surface area contributed by atoms with Crippen molar-refractivity contribution in [1.29, 1.82) is 0 Å². The molecule has 0 saturated carbocycles. The van der Waals surface area contributed by atoms with Gasteiger partial charge in [-0.05, 0) is 50.4 Å². The van der Waals surface area contributed by atoms with Crippen LogP contribution in [0, 0.1) is 6.92 Å². The number of carbonyl (C=O) groups is 1. The number of benzene rings is 1. The number of hydrogen-bond donors (Lipinski definition) is 1. The maximum Gasteiger partial charge on any atom is 0.238 e. The first-order valence-electron chi connectivity index (χ1n) is 7.73. The van der Waals surface area contributed by atoms with Crippen molar-refractivity contribution in [3.05, 3.63) is 29.3 Å². The van der Waals surface area contributed by atoms with Gasteiger partial charge in [0, 0.05) is 5.69 Å². The average Bonchev–Trinajstić information content (AvgIpc) is 2.41. The Morgan fingerprint density at radius 3 is 2.35 bits per heavy atom. The monoisotopic (exact) mass is 276 g/mol. The van der Waals surface area contributed by atoms with E-state index in [-0.39, 0.29) is 5.91 Å². The molecule has 0 aliphatic heterocycles. The molecule has 0 atom stereocenters. The third kappa shape index (κ3) is 4.97. The second-order valence-electron chi connectivity index (χ2n) is 5.29. The fraction of sp³-hybridized carbons (Fsp3) is 0.588. The number of carbonyl (C=O) groups excluding carboxylic acids is 1. The Labute approximate surface area is 123 Å². The number of amides is 1. The predicted molar refractivity (Wildman–Crippen MR) is 86.2 cm³/mol. The van der Waals surface area contributed by atoms with Gasteiger partial charge in [0.15, 0.2) is 0 Å². The Morgan fingerprint density at radius 1 is 1.15 bits per heavy atom. The molecule has 20 heavy (non-hydrogen) atoms. The quantitative estimate of drug-likeness (QED) is 0.786. The van der Waals surface area contributed by atoms with Crippen molar-refractivity contribution in [2.24, 2.45) is 0 Å². The normalized spacial score (nSPS) is 10.8. The van der Waals surface area contributed by atoms with Gasteiger partial charge in [-0.1, -0.05) is 39.0 Å². The molecule has 0 radical (unpaired) electrons. The molecule has 0 bridgehead atoms. The Morgan fingerprint density at radius 2 is 1.80 bits per heavy atom. The van der Waals surface area contributed by atoms with Crippen molar-refractivity contribution < 1.29 is 4.79 Å². The van der Waals surface area contributed by atoms with Crippen LogP contribution in [0.3, 0.4) is 0 Å². The fourth-order valence-corrected chi connectivity index (χ4v) is 2.49. The molecule has 0 fully saturated rings. The van der Waals surface area contributed by atoms with E-state index in [9.17, 15) is 4.79 Å². The zero-order valence-corrected chi connectivity index (χ0v) is 13.3. The summed E-state index contributed by atoms with van der Waals surface area (Å²) in [7, 11) is 0. The molecule has 0 aliphatic rings. The first-order valence-corrected chi connectivity index (χ1v) is 7.73. The maximum absolute atomic E-state index is 12.2. The van der Waals surface area contributed by atoms with Gasteiger partial charge in [-0.3, -0.25) is 9.69 Å². The molecule has 1 amide bonds. The smallest absolute Gasteiger partial charge is 0.238 e. The molecule has 112 valence electrons. The number of aryl methyl sites for hydroxylation is 2. The minimum absolute atomic E-state index is 0.0934. The molecule has 0 aliphatic carbocycles. The lowest BCUT2D eigenvalue weighted by molar-refractivity contribution is -0.117. The molecule has 3 heteroatoms. The van der Waals surface area contributed by atoms with Crippen LogP contribution in [0.5, 0.6) is 0 Å². The number of nitrogens with zero attached hydrogens (tertiary/aromatic N) is 1. The van der Waals surface area contributed by atoms with E-state index in [1.165, 1.54) is 5.56 Å². The summed E-state index contributed by atoms with van der Waals surface area (Å²) in [4.78, 5) is 14.5. The van der Waals surface area contributed by atoms with E-state index in [4.69, 9.17) is 0 Å². The van der Waals surface area contributed by atoms with Gasteiger partial charge >= 0.3 is 0 Å². The van der Waals surface area contributed by atoms with Crippen LogP contribution in [0.2, 0.25) is 0 Å². The SMILES string of the molecule is CCCN(CCC)CC(=O)Nc1c(C)cccc1CC. The standard InChI is InChI=1S/C17H28N2O/c1-5-11-19(12-6-2)13-16(20)18-17-14(4)9-8-10-15(17)7-3/h8-10H,5-7,11-13H2,1-4H3,(H,18,20). The lowest BCUT2D eigenvalue weighted by atomic mass is 10.1. The first kappa shape index (κ1) is 16.7. The van der Waals surface area contributed by atoms with E-state index < -0.39 is 0 Å². The van der Waals surface area contributed by atoms with E-state index in [2.05, 4.69) is 37.1 Å². The van der Waals surface area contributed by atoms with Crippen molar-refractivity contribution in [3.63, 3.8) is 0 Å². The van der Waals surface area contributed by atoms with Crippen LogP contribution < -0.4 is 5.32 Å². The summed E-state index contributed by atoms with van der Waals surface area (Å²) in [5.41, 5.74) is 3.33. The zero-order valence-electron chi connectivity index (χ0n) is 13.3. The van der Waals surface area contributed by atoms with Crippen LogP contribution >= 0.6 is 0 Å². The summed E-state index contributed by atoms with van der Waals surface area (Å²) < 4.78 is 0. The first-order chi connectivity index (χ1) is 9.62. The van der Waals surface area contributed by atoms with Gasteiger partial charge in [-0.2, -0.15) is 0 Å². The van der Waals surface area contributed by atoms with E-state index in [1.807, 2.05) is 19.1 Å². The highest BCUT2D eigenvalue weighted by molar-refractivity contribution is 5.93. The van der Waals surface area contributed by atoms with Gasteiger partial charge in [-0.15, -0.1) is 0 Å². The van der Waals surface area contributed by atoms with Crippen LogP contribution in [0.1, 0.15) is 44.7 Å². The lowest BCUT2D eigenvalue weighted by Gasteiger charge is -2.21. The third-order valence-electron chi connectivity index (χ3n) is 3.45. The van der Waals surface area contributed by atoms with Crippen LogP contribution in [0.25, 0.3) is 0 Å². The minimum Gasteiger partial charge on any atom is -0.324 e. The number of hydrogen-bond acceptors (Lipinski definition) is 2. The van der Waals surface area contributed by atoms with E-state index in [0.717, 1.165) is 43.6 Å². The van der Waals surface area contributed by atoms with Crippen molar-refractivity contribution in [1.82, 2.24) is 4.90 Å². The molecule has 1 rings (SSSR count). The Bertz CT molecular complexity index is 423. The molecule has 0 aromatic heterocycles.